The van der Waals surface area contributed by atoms with E-state index in [1.54, 1.807) is 18.2 Å². The van der Waals surface area contributed by atoms with Gasteiger partial charge >= 0.3 is 0 Å². The van der Waals surface area contributed by atoms with Gasteiger partial charge in [-0.25, -0.2) is 15.4 Å². The Morgan fingerprint density at radius 3 is 2.44 bits per heavy atom. The Morgan fingerprint density at radius 2 is 1.75 bits per heavy atom. The first kappa shape index (κ1) is 21.1. The second-order valence-corrected chi connectivity index (χ2v) is 7.40. The third-order valence-corrected chi connectivity index (χ3v) is 5.14. The second-order valence-electron chi connectivity index (χ2n) is 7.40. The van der Waals surface area contributed by atoms with Crippen LogP contribution in [0.25, 0.3) is 11.3 Å². The van der Waals surface area contributed by atoms with E-state index in [4.69, 9.17) is 4.98 Å². The van der Waals surface area contributed by atoms with Crippen LogP contribution >= 0.6 is 0 Å². The van der Waals surface area contributed by atoms with E-state index in [-0.39, 0.29) is 11.4 Å². The van der Waals surface area contributed by atoms with Crippen LogP contribution in [0.4, 0.5) is 11.6 Å². The maximum Gasteiger partial charge on any atom is 0.290 e. The minimum atomic E-state index is -0.470. The quantitative estimate of drug-likeness (QED) is 0.361. The van der Waals surface area contributed by atoms with Crippen LogP contribution < -0.4 is 10.3 Å². The molecule has 2 aromatic carbocycles. The van der Waals surface area contributed by atoms with Gasteiger partial charge in [-0.3, -0.25) is 14.9 Å². The predicted octanol–water partition coefficient (Wildman–Crippen LogP) is 3.81. The lowest BCUT2D eigenvalue weighted by Gasteiger charge is -2.27. The summed E-state index contributed by atoms with van der Waals surface area (Å²) in [6.45, 7) is 1.72. The van der Waals surface area contributed by atoms with E-state index in [1.165, 1.54) is 24.8 Å². The Labute approximate surface area is 185 Å². The molecule has 32 heavy (non-hydrogen) atoms. The maximum absolute atomic E-state index is 12.8. The number of nitro benzene ring substituents is 1. The number of nitrogens with one attached hydrogen (secondary N) is 1. The smallest absolute Gasteiger partial charge is 0.290 e. The molecule has 0 radical (unpaired) electrons. The third-order valence-electron chi connectivity index (χ3n) is 5.14. The molecule has 1 aromatic heterocycles. The Morgan fingerprint density at radius 1 is 1.03 bits per heavy atom. The Bertz CT molecular complexity index is 1130. The highest BCUT2D eigenvalue weighted by Gasteiger charge is 2.18. The third kappa shape index (κ3) is 5.12. The average molecular weight is 430 g/mol. The van der Waals surface area contributed by atoms with Crippen molar-refractivity contribution in [3.8, 4) is 11.3 Å². The van der Waals surface area contributed by atoms with Crippen molar-refractivity contribution in [3.05, 3.63) is 82.0 Å². The summed E-state index contributed by atoms with van der Waals surface area (Å²) in [4.78, 5) is 34.3. The molecule has 1 saturated heterocycles. The number of nitrogens with zero attached hydrogens (tertiary/aromatic N) is 5. The Hall–Kier alpha value is -4.14. The number of amides is 1. The molecule has 1 aliphatic heterocycles. The van der Waals surface area contributed by atoms with Gasteiger partial charge in [0.15, 0.2) is 0 Å². The lowest BCUT2D eigenvalue weighted by molar-refractivity contribution is -0.384. The van der Waals surface area contributed by atoms with Crippen molar-refractivity contribution >= 4 is 23.8 Å². The van der Waals surface area contributed by atoms with Crippen molar-refractivity contribution in [1.82, 2.24) is 15.4 Å². The zero-order chi connectivity index (χ0) is 22.3. The van der Waals surface area contributed by atoms with Gasteiger partial charge in [0, 0.05) is 30.8 Å². The molecular formula is C23H22N6O3. The van der Waals surface area contributed by atoms with Crippen LogP contribution in [0.1, 0.15) is 35.3 Å². The number of nitro groups is 1. The summed E-state index contributed by atoms with van der Waals surface area (Å²) in [6.07, 6.45) is 4.74. The molecule has 9 nitrogen and oxygen atoms in total. The number of rotatable bonds is 6. The van der Waals surface area contributed by atoms with E-state index in [2.05, 4.69) is 20.4 Å². The van der Waals surface area contributed by atoms with Crippen molar-refractivity contribution in [2.24, 2.45) is 5.10 Å². The summed E-state index contributed by atoms with van der Waals surface area (Å²) in [5, 5.41) is 14.7. The first-order valence-electron chi connectivity index (χ1n) is 10.4. The molecule has 1 amide bonds. The normalized spacial score (nSPS) is 13.8. The molecule has 3 aromatic rings. The van der Waals surface area contributed by atoms with Crippen molar-refractivity contribution in [2.75, 3.05) is 18.0 Å². The summed E-state index contributed by atoms with van der Waals surface area (Å²) >= 11 is 0. The Kier molecular flexibility index (Phi) is 6.45. The van der Waals surface area contributed by atoms with Gasteiger partial charge in [-0.15, -0.1) is 0 Å². The maximum atomic E-state index is 12.8. The molecule has 0 spiro atoms. The van der Waals surface area contributed by atoms with Crippen LogP contribution in [0.5, 0.6) is 0 Å². The number of aromatic nitrogens is 2. The van der Waals surface area contributed by atoms with Crippen LogP contribution in [0.2, 0.25) is 0 Å². The van der Waals surface area contributed by atoms with E-state index in [0.717, 1.165) is 31.5 Å². The molecule has 2 heterocycles. The molecule has 0 saturated carbocycles. The predicted molar refractivity (Wildman–Crippen MR) is 122 cm³/mol. The fourth-order valence-electron chi connectivity index (χ4n) is 3.45. The van der Waals surface area contributed by atoms with Gasteiger partial charge in [0.1, 0.15) is 5.69 Å². The highest BCUT2D eigenvalue weighted by Crippen LogP contribution is 2.23. The lowest BCUT2D eigenvalue weighted by atomic mass is 10.1. The zero-order valence-corrected chi connectivity index (χ0v) is 17.3. The molecule has 0 atom stereocenters. The average Bonchev–Trinajstić information content (AvgIpc) is 2.85. The van der Waals surface area contributed by atoms with Crippen molar-refractivity contribution in [3.63, 3.8) is 0 Å². The number of anilines is 1. The fraction of sp³-hybridized carbons (Fsp3) is 0.217. The molecule has 1 aliphatic rings. The van der Waals surface area contributed by atoms with Crippen molar-refractivity contribution < 1.29 is 9.72 Å². The fourth-order valence-corrected chi connectivity index (χ4v) is 3.45. The Balaban J connectivity index is 1.55. The standard InChI is InChI=1S/C23H22N6O3/c30-22(27-24-16-17-9-11-19(12-10-17)29(31)32)21-15-20(18-7-3-1-4-8-18)25-23(26-21)28-13-5-2-6-14-28/h1,3-4,7-12,15-16H,2,5-6,13-14H2,(H,27,30)/b24-16+. The van der Waals surface area contributed by atoms with Gasteiger partial charge < -0.3 is 4.90 Å². The van der Waals surface area contributed by atoms with E-state index < -0.39 is 10.8 Å². The molecule has 1 N–H and O–H groups in total. The number of benzene rings is 2. The monoisotopic (exact) mass is 430 g/mol. The minimum absolute atomic E-state index is 0.00847. The summed E-state index contributed by atoms with van der Waals surface area (Å²) in [5.41, 5.74) is 4.89. The van der Waals surface area contributed by atoms with Crippen molar-refractivity contribution in [2.45, 2.75) is 19.3 Å². The highest BCUT2D eigenvalue weighted by atomic mass is 16.6. The summed E-state index contributed by atoms with van der Waals surface area (Å²) in [7, 11) is 0. The zero-order valence-electron chi connectivity index (χ0n) is 17.3. The molecule has 9 heteroatoms. The molecule has 162 valence electrons. The number of piperidine rings is 1. The number of hydrazone groups is 1. The largest absolute Gasteiger partial charge is 0.341 e. The van der Waals surface area contributed by atoms with Gasteiger partial charge in [-0.2, -0.15) is 5.10 Å². The molecule has 0 bridgehead atoms. The van der Waals surface area contributed by atoms with Crippen LogP contribution in [0.3, 0.4) is 0 Å². The molecular weight excluding hydrogens is 408 g/mol. The van der Waals surface area contributed by atoms with Gasteiger partial charge in [0.25, 0.3) is 11.6 Å². The molecule has 0 unspecified atom stereocenters. The van der Waals surface area contributed by atoms with Crippen LogP contribution in [-0.4, -0.2) is 40.1 Å². The van der Waals surface area contributed by atoms with Gasteiger partial charge in [-0.05, 0) is 43.0 Å². The first-order valence-corrected chi connectivity index (χ1v) is 10.4. The summed E-state index contributed by atoms with van der Waals surface area (Å²) < 4.78 is 0. The first-order chi connectivity index (χ1) is 15.6. The van der Waals surface area contributed by atoms with E-state index in [0.29, 0.717) is 17.2 Å². The van der Waals surface area contributed by atoms with Gasteiger partial charge in [0.05, 0.1) is 16.8 Å². The number of non-ortho nitro benzene ring substituents is 1. The van der Waals surface area contributed by atoms with Crippen LogP contribution in [-0.2, 0) is 0 Å². The van der Waals surface area contributed by atoms with Gasteiger partial charge in [-0.1, -0.05) is 30.3 Å². The molecule has 1 fully saturated rings. The topological polar surface area (TPSA) is 114 Å². The number of carbonyl (C=O) groups excluding carboxylic acids is 1. The van der Waals surface area contributed by atoms with Gasteiger partial charge in [0.2, 0.25) is 5.95 Å². The number of hydrogen-bond acceptors (Lipinski definition) is 7. The highest BCUT2D eigenvalue weighted by molar-refractivity contribution is 5.94. The lowest BCUT2D eigenvalue weighted by Crippen LogP contribution is -2.32. The van der Waals surface area contributed by atoms with Crippen LogP contribution in [0, 0.1) is 10.1 Å². The minimum Gasteiger partial charge on any atom is -0.341 e. The summed E-state index contributed by atoms with van der Waals surface area (Å²) in [6, 6.07) is 17.2. The van der Waals surface area contributed by atoms with E-state index >= 15 is 0 Å². The van der Waals surface area contributed by atoms with Crippen molar-refractivity contribution in [1.29, 1.82) is 0 Å². The second kappa shape index (κ2) is 9.78. The molecule has 0 aliphatic carbocycles. The number of hydrogen-bond donors (Lipinski definition) is 1. The van der Waals surface area contributed by atoms with Crippen LogP contribution in [0.15, 0.2) is 65.8 Å². The summed E-state index contributed by atoms with van der Waals surface area (Å²) in [5.74, 6) is 0.0801. The van der Waals surface area contributed by atoms with E-state index in [1.807, 2.05) is 30.3 Å². The number of carbonyl (C=O) groups is 1. The SMILES string of the molecule is O=C(N/N=C/c1ccc([N+](=O)[O-])cc1)c1cc(-c2ccccc2)nc(N2CCCCC2)n1. The van der Waals surface area contributed by atoms with E-state index in [9.17, 15) is 14.9 Å². The molecule has 4 rings (SSSR count).